The number of unbranched alkanes of at least 4 members (excludes halogenated alkanes) is 3. The second kappa shape index (κ2) is 16.2. The van der Waals surface area contributed by atoms with Crippen molar-refractivity contribution in [2.75, 3.05) is 39.3 Å². The lowest BCUT2D eigenvalue weighted by atomic mass is 10.1. The summed E-state index contributed by atoms with van der Waals surface area (Å²) in [6.07, 6.45) is 9.51. The van der Waals surface area contributed by atoms with E-state index in [9.17, 15) is 9.59 Å². The minimum atomic E-state index is -0.0935. The van der Waals surface area contributed by atoms with Crippen molar-refractivity contribution >= 4 is 17.8 Å². The topological polar surface area (TPSA) is 83.0 Å². The molecule has 0 bridgehead atoms. The molecular weight excluding hydrogens is 356 g/mol. The molecule has 1 aliphatic rings. The molecule has 0 aliphatic carbocycles. The van der Waals surface area contributed by atoms with Gasteiger partial charge in [0.25, 0.3) is 0 Å². The van der Waals surface area contributed by atoms with Crippen molar-refractivity contribution in [3.05, 3.63) is 0 Å². The van der Waals surface area contributed by atoms with Gasteiger partial charge in [-0.15, -0.1) is 0 Å². The third-order valence-electron chi connectivity index (χ3n) is 4.78. The van der Waals surface area contributed by atoms with Gasteiger partial charge in [0.15, 0.2) is 5.96 Å². The highest BCUT2D eigenvalue weighted by molar-refractivity contribution is 5.79. The SMILES string of the molecule is CCNC(=NCCCN1CCCCCC1=O)NCCCCCCC(=O)OCC. The van der Waals surface area contributed by atoms with Crippen LogP contribution in [0.2, 0.25) is 0 Å². The predicted octanol–water partition coefficient (Wildman–Crippen LogP) is 2.85. The summed E-state index contributed by atoms with van der Waals surface area (Å²) in [5, 5.41) is 6.63. The van der Waals surface area contributed by atoms with Crippen LogP contribution in [0.5, 0.6) is 0 Å². The number of ether oxygens (including phenoxy) is 1. The van der Waals surface area contributed by atoms with E-state index in [0.29, 0.717) is 25.4 Å². The average Bonchev–Trinajstić information content (AvgIpc) is 2.88. The Balaban J connectivity index is 2.14. The number of carbonyl (C=O) groups is 2. The molecule has 1 rings (SSSR count). The molecule has 2 N–H and O–H groups in total. The van der Waals surface area contributed by atoms with Gasteiger partial charge in [-0.3, -0.25) is 14.6 Å². The van der Waals surface area contributed by atoms with E-state index in [1.54, 1.807) is 0 Å². The third-order valence-corrected chi connectivity index (χ3v) is 4.78. The number of carbonyl (C=O) groups excluding carboxylic acids is 2. The van der Waals surface area contributed by atoms with E-state index < -0.39 is 0 Å². The second-order valence-corrected chi connectivity index (χ2v) is 7.20. The van der Waals surface area contributed by atoms with Crippen molar-refractivity contribution in [3.8, 4) is 0 Å². The Labute approximate surface area is 170 Å². The zero-order chi connectivity index (χ0) is 20.5. The number of likely N-dealkylation sites (tertiary alicyclic amines) is 1. The highest BCUT2D eigenvalue weighted by Gasteiger charge is 2.15. The van der Waals surface area contributed by atoms with Gasteiger partial charge in [0.2, 0.25) is 5.91 Å². The Morgan fingerprint density at radius 3 is 2.68 bits per heavy atom. The van der Waals surface area contributed by atoms with Gasteiger partial charge < -0.3 is 20.3 Å². The number of hydrogen-bond donors (Lipinski definition) is 2. The molecule has 7 heteroatoms. The lowest BCUT2D eigenvalue weighted by Gasteiger charge is -2.20. The molecule has 28 heavy (non-hydrogen) atoms. The fraction of sp³-hybridized carbons (Fsp3) is 0.857. The van der Waals surface area contributed by atoms with Crippen LogP contribution in [0.3, 0.4) is 0 Å². The summed E-state index contributed by atoms with van der Waals surface area (Å²) in [6, 6.07) is 0. The van der Waals surface area contributed by atoms with Crippen molar-refractivity contribution in [1.82, 2.24) is 15.5 Å². The highest BCUT2D eigenvalue weighted by Crippen LogP contribution is 2.11. The van der Waals surface area contributed by atoms with Crippen molar-refractivity contribution in [1.29, 1.82) is 0 Å². The van der Waals surface area contributed by atoms with E-state index >= 15 is 0 Å². The zero-order valence-electron chi connectivity index (χ0n) is 17.9. The second-order valence-electron chi connectivity index (χ2n) is 7.20. The maximum atomic E-state index is 12.0. The Bertz CT molecular complexity index is 469. The summed E-state index contributed by atoms with van der Waals surface area (Å²) in [5.41, 5.74) is 0. The van der Waals surface area contributed by atoms with E-state index in [1.807, 2.05) is 11.8 Å². The maximum Gasteiger partial charge on any atom is 0.305 e. The number of guanidine groups is 1. The molecule has 0 atom stereocenters. The van der Waals surface area contributed by atoms with Gasteiger partial charge in [-0.05, 0) is 46.0 Å². The first-order valence-corrected chi connectivity index (χ1v) is 11.1. The molecule has 162 valence electrons. The molecule has 0 aromatic heterocycles. The van der Waals surface area contributed by atoms with Crippen molar-refractivity contribution < 1.29 is 14.3 Å². The number of nitrogens with zero attached hydrogens (tertiary/aromatic N) is 2. The van der Waals surface area contributed by atoms with E-state index in [0.717, 1.165) is 90.0 Å². The largest absolute Gasteiger partial charge is 0.466 e. The number of aliphatic imine (C=N–C) groups is 1. The van der Waals surface area contributed by atoms with Crippen LogP contribution in [0.25, 0.3) is 0 Å². The molecular formula is C21H40N4O3. The first-order valence-electron chi connectivity index (χ1n) is 11.1. The summed E-state index contributed by atoms with van der Waals surface area (Å²) >= 11 is 0. The lowest BCUT2D eigenvalue weighted by Crippen LogP contribution is -2.38. The van der Waals surface area contributed by atoms with Crippen LogP contribution in [-0.2, 0) is 14.3 Å². The maximum absolute atomic E-state index is 12.0. The van der Waals surface area contributed by atoms with Crippen LogP contribution >= 0.6 is 0 Å². The van der Waals surface area contributed by atoms with Crippen LogP contribution < -0.4 is 10.6 Å². The molecule has 0 radical (unpaired) electrons. The molecule has 1 saturated heterocycles. The Hall–Kier alpha value is -1.79. The predicted molar refractivity (Wildman–Crippen MR) is 113 cm³/mol. The van der Waals surface area contributed by atoms with E-state index in [2.05, 4.69) is 22.5 Å². The van der Waals surface area contributed by atoms with Crippen LogP contribution in [0.15, 0.2) is 4.99 Å². The quantitative estimate of drug-likeness (QED) is 0.216. The number of nitrogens with one attached hydrogen (secondary N) is 2. The van der Waals surface area contributed by atoms with Crippen molar-refractivity contribution in [2.24, 2.45) is 4.99 Å². The fourth-order valence-corrected chi connectivity index (χ4v) is 3.26. The van der Waals surface area contributed by atoms with Crippen LogP contribution in [0.4, 0.5) is 0 Å². The zero-order valence-corrected chi connectivity index (χ0v) is 17.9. The summed E-state index contributed by atoms with van der Waals surface area (Å²) in [4.78, 5) is 29.9. The smallest absolute Gasteiger partial charge is 0.305 e. The van der Waals surface area contributed by atoms with Gasteiger partial charge in [-0.25, -0.2) is 0 Å². The van der Waals surface area contributed by atoms with Crippen LogP contribution in [-0.4, -0.2) is 62.1 Å². The van der Waals surface area contributed by atoms with Gasteiger partial charge in [-0.1, -0.05) is 19.3 Å². The number of esters is 1. The van der Waals surface area contributed by atoms with Gasteiger partial charge >= 0.3 is 5.97 Å². The first-order chi connectivity index (χ1) is 13.7. The number of amides is 1. The van der Waals surface area contributed by atoms with E-state index in [1.165, 1.54) is 0 Å². The normalized spacial score (nSPS) is 15.3. The van der Waals surface area contributed by atoms with Crippen LogP contribution in [0, 0.1) is 0 Å². The summed E-state index contributed by atoms with van der Waals surface area (Å²) in [7, 11) is 0. The molecule has 0 saturated carbocycles. The minimum absolute atomic E-state index is 0.0935. The Morgan fingerprint density at radius 1 is 1.07 bits per heavy atom. The highest BCUT2D eigenvalue weighted by atomic mass is 16.5. The molecule has 0 aromatic rings. The molecule has 1 fully saturated rings. The van der Waals surface area contributed by atoms with Crippen LogP contribution in [0.1, 0.15) is 78.1 Å². The molecule has 1 aliphatic heterocycles. The molecule has 1 amide bonds. The monoisotopic (exact) mass is 396 g/mol. The van der Waals surface area contributed by atoms with Crippen molar-refractivity contribution in [3.63, 3.8) is 0 Å². The lowest BCUT2D eigenvalue weighted by molar-refractivity contribution is -0.143. The molecule has 7 nitrogen and oxygen atoms in total. The Morgan fingerprint density at radius 2 is 1.89 bits per heavy atom. The van der Waals surface area contributed by atoms with E-state index in [4.69, 9.17) is 4.74 Å². The summed E-state index contributed by atoms with van der Waals surface area (Å²) in [6.45, 7) is 8.48. The number of hydrogen-bond acceptors (Lipinski definition) is 4. The van der Waals surface area contributed by atoms with E-state index in [-0.39, 0.29) is 5.97 Å². The average molecular weight is 397 g/mol. The molecule has 0 aromatic carbocycles. The first kappa shape index (κ1) is 24.2. The van der Waals surface area contributed by atoms with Crippen molar-refractivity contribution in [2.45, 2.75) is 78.1 Å². The molecule has 0 unspecified atom stereocenters. The molecule has 1 heterocycles. The standard InChI is InChI=1S/C21H40N4O3/c1-3-22-21(23-15-10-6-5-9-14-20(27)28-4-2)24-16-12-18-25-17-11-7-8-13-19(25)26/h3-18H2,1-2H3,(H2,22,23,24). The Kier molecular flexibility index (Phi) is 14.0. The van der Waals surface area contributed by atoms with Gasteiger partial charge in [-0.2, -0.15) is 0 Å². The summed E-state index contributed by atoms with van der Waals surface area (Å²) in [5.74, 6) is 1.05. The van der Waals surface area contributed by atoms with Gasteiger partial charge in [0.1, 0.15) is 0 Å². The summed E-state index contributed by atoms with van der Waals surface area (Å²) < 4.78 is 4.93. The van der Waals surface area contributed by atoms with Gasteiger partial charge in [0, 0.05) is 45.6 Å². The fourth-order valence-electron chi connectivity index (χ4n) is 3.26. The third kappa shape index (κ3) is 11.8. The minimum Gasteiger partial charge on any atom is -0.466 e. The number of rotatable bonds is 13. The molecule has 0 spiro atoms. The van der Waals surface area contributed by atoms with Gasteiger partial charge in [0.05, 0.1) is 6.61 Å².